The smallest absolute Gasteiger partial charge is 0.346 e. The molecule has 0 unspecified atom stereocenters. The van der Waals surface area contributed by atoms with Gasteiger partial charge in [-0.25, -0.2) is 4.79 Å². The maximum absolute atomic E-state index is 12.7. The Morgan fingerprint density at radius 2 is 1.65 bits per heavy atom. The number of urea groups is 1. The van der Waals surface area contributed by atoms with Crippen molar-refractivity contribution in [1.29, 1.82) is 0 Å². The number of rotatable bonds is 5. The van der Waals surface area contributed by atoms with Crippen molar-refractivity contribution < 1.29 is 23.8 Å². The molecule has 1 saturated carbocycles. The standard InChI is InChI=1S/C18H23N3O5/c1-24-13-9-12(10-14(25-2)15(13)26-3)11-19-21-16(22)18(20-17(21)23)7-5-4-6-8-18/h9-11H,4-8H2,1-3H3,(H,20,23)/b19-11+. The summed E-state index contributed by atoms with van der Waals surface area (Å²) in [5.41, 5.74) is -0.174. The quantitative estimate of drug-likeness (QED) is 0.642. The first-order chi connectivity index (χ1) is 12.5. The molecule has 1 aromatic carbocycles. The van der Waals surface area contributed by atoms with Crippen LogP contribution in [0.4, 0.5) is 4.79 Å². The second kappa shape index (κ2) is 7.23. The average molecular weight is 361 g/mol. The van der Waals surface area contributed by atoms with Crippen LogP contribution in [-0.2, 0) is 4.79 Å². The molecule has 0 atom stereocenters. The molecule has 2 fully saturated rings. The average Bonchev–Trinajstić information content (AvgIpc) is 2.89. The first-order valence-corrected chi connectivity index (χ1v) is 8.55. The van der Waals surface area contributed by atoms with Crippen molar-refractivity contribution in [1.82, 2.24) is 10.3 Å². The first kappa shape index (κ1) is 18.0. The molecule has 26 heavy (non-hydrogen) atoms. The van der Waals surface area contributed by atoms with Gasteiger partial charge in [0.05, 0.1) is 27.5 Å². The van der Waals surface area contributed by atoms with Gasteiger partial charge in [0.25, 0.3) is 5.91 Å². The topological polar surface area (TPSA) is 89.5 Å². The Hall–Kier alpha value is -2.77. The van der Waals surface area contributed by atoms with Crippen molar-refractivity contribution in [2.24, 2.45) is 5.10 Å². The molecule has 3 rings (SSSR count). The zero-order valence-electron chi connectivity index (χ0n) is 15.2. The molecule has 2 aliphatic rings. The van der Waals surface area contributed by atoms with Gasteiger partial charge in [-0.05, 0) is 25.0 Å². The highest BCUT2D eigenvalue weighted by Gasteiger charge is 2.51. The molecule has 1 saturated heterocycles. The molecule has 1 N–H and O–H groups in total. The van der Waals surface area contributed by atoms with E-state index in [-0.39, 0.29) is 5.91 Å². The molecular formula is C18H23N3O5. The number of amides is 3. The lowest BCUT2D eigenvalue weighted by molar-refractivity contribution is -0.132. The Morgan fingerprint density at radius 1 is 1.04 bits per heavy atom. The minimum Gasteiger partial charge on any atom is -0.493 e. The van der Waals surface area contributed by atoms with Crippen LogP contribution in [0.2, 0.25) is 0 Å². The molecule has 1 aliphatic heterocycles. The van der Waals surface area contributed by atoms with E-state index in [1.54, 1.807) is 12.1 Å². The Morgan fingerprint density at radius 3 is 2.19 bits per heavy atom. The third-order valence-corrected chi connectivity index (χ3v) is 4.86. The number of carbonyl (C=O) groups excluding carboxylic acids is 2. The van der Waals surface area contributed by atoms with Crippen LogP contribution in [0.25, 0.3) is 0 Å². The lowest BCUT2D eigenvalue weighted by Gasteiger charge is -2.29. The van der Waals surface area contributed by atoms with E-state index in [0.717, 1.165) is 24.3 Å². The fourth-order valence-electron chi connectivity index (χ4n) is 3.51. The van der Waals surface area contributed by atoms with Crippen molar-refractivity contribution in [3.63, 3.8) is 0 Å². The summed E-state index contributed by atoms with van der Waals surface area (Å²) >= 11 is 0. The van der Waals surface area contributed by atoms with Gasteiger partial charge in [-0.1, -0.05) is 19.3 Å². The van der Waals surface area contributed by atoms with E-state index < -0.39 is 11.6 Å². The van der Waals surface area contributed by atoms with Gasteiger partial charge in [0.1, 0.15) is 5.54 Å². The number of nitrogens with zero attached hydrogens (tertiary/aromatic N) is 2. The molecule has 8 heteroatoms. The zero-order valence-corrected chi connectivity index (χ0v) is 15.2. The van der Waals surface area contributed by atoms with E-state index >= 15 is 0 Å². The van der Waals surface area contributed by atoms with Gasteiger partial charge in [-0.3, -0.25) is 4.79 Å². The number of hydrogen-bond donors (Lipinski definition) is 1. The summed E-state index contributed by atoms with van der Waals surface area (Å²) in [6.07, 6.45) is 5.69. The summed E-state index contributed by atoms with van der Waals surface area (Å²) in [7, 11) is 4.55. The van der Waals surface area contributed by atoms with E-state index in [0.29, 0.717) is 35.7 Å². The monoisotopic (exact) mass is 361 g/mol. The molecule has 1 aromatic rings. The summed E-state index contributed by atoms with van der Waals surface area (Å²) in [5.74, 6) is 1.11. The molecule has 0 aromatic heterocycles. The fraction of sp³-hybridized carbons (Fsp3) is 0.500. The fourth-order valence-corrected chi connectivity index (χ4v) is 3.51. The zero-order chi connectivity index (χ0) is 18.7. The molecule has 0 radical (unpaired) electrons. The Balaban J connectivity index is 1.85. The molecular weight excluding hydrogens is 338 g/mol. The van der Waals surface area contributed by atoms with Crippen molar-refractivity contribution >= 4 is 18.2 Å². The molecule has 1 heterocycles. The largest absolute Gasteiger partial charge is 0.493 e. The van der Waals surface area contributed by atoms with E-state index in [1.807, 2.05) is 0 Å². The number of carbonyl (C=O) groups is 2. The lowest BCUT2D eigenvalue weighted by Crippen LogP contribution is -2.48. The normalized spacial score (nSPS) is 19.1. The number of imide groups is 1. The molecule has 0 bridgehead atoms. The SMILES string of the molecule is COc1cc(/C=N/N2C(=O)NC3(CCCCC3)C2=O)cc(OC)c1OC. The summed E-state index contributed by atoms with van der Waals surface area (Å²) in [5, 5.41) is 7.84. The van der Waals surface area contributed by atoms with Gasteiger partial charge in [-0.15, -0.1) is 5.01 Å². The van der Waals surface area contributed by atoms with Gasteiger partial charge < -0.3 is 19.5 Å². The minimum atomic E-state index is -0.790. The van der Waals surface area contributed by atoms with Gasteiger partial charge in [0, 0.05) is 5.56 Å². The van der Waals surface area contributed by atoms with Crippen LogP contribution in [0, 0.1) is 0 Å². The summed E-state index contributed by atoms with van der Waals surface area (Å²) in [6.45, 7) is 0. The highest BCUT2D eigenvalue weighted by Crippen LogP contribution is 2.38. The Labute approximate surface area is 152 Å². The van der Waals surface area contributed by atoms with Gasteiger partial charge in [-0.2, -0.15) is 5.10 Å². The van der Waals surface area contributed by atoms with Crippen LogP contribution in [0.5, 0.6) is 17.2 Å². The highest BCUT2D eigenvalue weighted by atomic mass is 16.5. The predicted octanol–water partition coefficient (Wildman–Crippen LogP) is 2.30. The third kappa shape index (κ3) is 3.07. The molecule has 140 valence electrons. The molecule has 8 nitrogen and oxygen atoms in total. The summed E-state index contributed by atoms with van der Waals surface area (Å²) in [4.78, 5) is 25.0. The Bertz CT molecular complexity index is 715. The molecule has 1 spiro atoms. The molecule has 1 aliphatic carbocycles. The number of hydrogen-bond acceptors (Lipinski definition) is 6. The van der Waals surface area contributed by atoms with E-state index in [4.69, 9.17) is 14.2 Å². The van der Waals surface area contributed by atoms with Crippen LogP contribution in [0.3, 0.4) is 0 Å². The van der Waals surface area contributed by atoms with Crippen molar-refractivity contribution in [3.8, 4) is 17.2 Å². The van der Waals surface area contributed by atoms with Gasteiger partial charge in [0.2, 0.25) is 5.75 Å². The van der Waals surface area contributed by atoms with E-state index in [9.17, 15) is 9.59 Å². The van der Waals surface area contributed by atoms with Gasteiger partial charge >= 0.3 is 6.03 Å². The Kier molecular flexibility index (Phi) is 5.01. The maximum Gasteiger partial charge on any atom is 0.346 e. The van der Waals surface area contributed by atoms with Gasteiger partial charge in [0.15, 0.2) is 11.5 Å². The number of methoxy groups -OCH3 is 3. The van der Waals surface area contributed by atoms with Crippen LogP contribution in [0.15, 0.2) is 17.2 Å². The molecule has 3 amide bonds. The first-order valence-electron chi connectivity index (χ1n) is 8.55. The second-order valence-electron chi connectivity index (χ2n) is 6.39. The number of benzene rings is 1. The maximum atomic E-state index is 12.7. The predicted molar refractivity (Wildman–Crippen MR) is 94.9 cm³/mol. The van der Waals surface area contributed by atoms with E-state index in [1.165, 1.54) is 27.5 Å². The lowest BCUT2D eigenvalue weighted by atomic mass is 9.82. The summed E-state index contributed by atoms with van der Waals surface area (Å²) < 4.78 is 15.9. The van der Waals surface area contributed by atoms with E-state index in [2.05, 4.69) is 10.4 Å². The van der Waals surface area contributed by atoms with Crippen molar-refractivity contribution in [2.75, 3.05) is 21.3 Å². The van der Waals surface area contributed by atoms with Crippen LogP contribution < -0.4 is 19.5 Å². The summed E-state index contributed by atoms with van der Waals surface area (Å²) in [6, 6.07) is 2.90. The minimum absolute atomic E-state index is 0.286. The number of ether oxygens (including phenoxy) is 3. The number of nitrogens with one attached hydrogen (secondary N) is 1. The van der Waals surface area contributed by atoms with Crippen LogP contribution in [0.1, 0.15) is 37.7 Å². The third-order valence-electron chi connectivity index (χ3n) is 4.86. The van der Waals surface area contributed by atoms with Crippen molar-refractivity contribution in [2.45, 2.75) is 37.6 Å². The highest BCUT2D eigenvalue weighted by molar-refractivity contribution is 6.07. The van der Waals surface area contributed by atoms with Crippen LogP contribution in [-0.4, -0.2) is 50.0 Å². The second-order valence-corrected chi connectivity index (χ2v) is 6.39. The number of hydrazone groups is 1. The van der Waals surface area contributed by atoms with Crippen molar-refractivity contribution in [3.05, 3.63) is 17.7 Å². The van der Waals surface area contributed by atoms with Crippen LogP contribution >= 0.6 is 0 Å².